The number of benzene rings is 3. The Kier molecular flexibility index (Phi) is 7.90. The summed E-state index contributed by atoms with van der Waals surface area (Å²) in [6.07, 6.45) is 0. The molecule has 3 aromatic carbocycles. The lowest BCUT2D eigenvalue weighted by atomic mass is 10.1. The molecular weight excluding hydrogens is 480 g/mol. The van der Waals surface area contributed by atoms with E-state index in [1.807, 2.05) is 6.92 Å². The predicted octanol–water partition coefficient (Wildman–Crippen LogP) is 4.41. The lowest BCUT2D eigenvalue weighted by Crippen LogP contribution is -2.23. The fraction of sp³-hybridized carbons (Fsp3) is 0.208. The number of hydrogen-bond acceptors (Lipinski definition) is 6. The van der Waals surface area contributed by atoms with E-state index >= 15 is 0 Å². The van der Waals surface area contributed by atoms with Gasteiger partial charge < -0.3 is 19.5 Å². The van der Waals surface area contributed by atoms with Gasteiger partial charge in [-0.05, 0) is 49.4 Å². The van der Waals surface area contributed by atoms with E-state index in [1.165, 1.54) is 51.7 Å². The number of methoxy groups -OCH3 is 3. The van der Waals surface area contributed by atoms with Crippen molar-refractivity contribution < 1.29 is 27.4 Å². The zero-order valence-electron chi connectivity index (χ0n) is 19.1. The van der Waals surface area contributed by atoms with Gasteiger partial charge in [0, 0.05) is 17.7 Å². The summed E-state index contributed by atoms with van der Waals surface area (Å²) in [5.74, 6) is 0.975. The zero-order chi connectivity index (χ0) is 24.9. The molecular formula is C24H25ClN2O6S. The minimum Gasteiger partial charge on any atom is -0.493 e. The number of ether oxygens (including phenoxy) is 3. The van der Waals surface area contributed by atoms with Crippen molar-refractivity contribution in [1.82, 2.24) is 5.32 Å². The minimum absolute atomic E-state index is 0.0898. The number of sulfonamides is 1. The highest BCUT2D eigenvalue weighted by Crippen LogP contribution is 2.39. The smallest absolute Gasteiger partial charge is 0.261 e. The summed E-state index contributed by atoms with van der Waals surface area (Å²) >= 11 is 6.27. The van der Waals surface area contributed by atoms with Crippen LogP contribution in [0.4, 0.5) is 5.69 Å². The average Bonchev–Trinajstić information content (AvgIpc) is 2.83. The van der Waals surface area contributed by atoms with Crippen molar-refractivity contribution in [3.63, 3.8) is 0 Å². The maximum atomic E-state index is 12.7. The molecule has 1 amide bonds. The molecule has 0 fully saturated rings. The molecule has 3 rings (SSSR count). The van der Waals surface area contributed by atoms with Crippen LogP contribution in [-0.2, 0) is 16.6 Å². The van der Waals surface area contributed by atoms with Crippen molar-refractivity contribution in [2.45, 2.75) is 18.4 Å². The summed E-state index contributed by atoms with van der Waals surface area (Å²) in [6, 6.07) is 14.2. The van der Waals surface area contributed by atoms with E-state index in [9.17, 15) is 13.2 Å². The van der Waals surface area contributed by atoms with Crippen molar-refractivity contribution in [3.05, 3.63) is 76.3 Å². The Balaban J connectivity index is 1.74. The van der Waals surface area contributed by atoms with Gasteiger partial charge in [0.25, 0.3) is 15.9 Å². The summed E-state index contributed by atoms with van der Waals surface area (Å²) in [4.78, 5) is 12.8. The largest absolute Gasteiger partial charge is 0.493 e. The normalized spacial score (nSPS) is 11.0. The molecule has 10 heteroatoms. The Morgan fingerprint density at radius 1 is 0.912 bits per heavy atom. The number of halogens is 1. The molecule has 0 aromatic heterocycles. The van der Waals surface area contributed by atoms with Gasteiger partial charge in [-0.3, -0.25) is 9.52 Å². The van der Waals surface area contributed by atoms with Crippen molar-refractivity contribution in [2.75, 3.05) is 26.1 Å². The first kappa shape index (κ1) is 25.2. The first-order chi connectivity index (χ1) is 16.2. The molecule has 0 saturated carbocycles. The third kappa shape index (κ3) is 5.55. The first-order valence-corrected chi connectivity index (χ1v) is 12.0. The van der Waals surface area contributed by atoms with Crippen LogP contribution in [-0.4, -0.2) is 35.7 Å². The fourth-order valence-corrected chi connectivity index (χ4v) is 4.60. The molecule has 0 aliphatic rings. The summed E-state index contributed by atoms with van der Waals surface area (Å²) in [5, 5.41) is 2.88. The van der Waals surface area contributed by atoms with Crippen molar-refractivity contribution in [1.29, 1.82) is 0 Å². The van der Waals surface area contributed by atoms with Gasteiger partial charge in [-0.1, -0.05) is 29.3 Å². The number of hydrogen-bond donors (Lipinski definition) is 2. The number of carbonyl (C=O) groups is 1. The van der Waals surface area contributed by atoms with Gasteiger partial charge in [0.2, 0.25) is 5.75 Å². The molecule has 3 aromatic rings. The quantitative estimate of drug-likeness (QED) is 0.447. The predicted molar refractivity (Wildman–Crippen MR) is 131 cm³/mol. The number of anilines is 1. The van der Waals surface area contributed by atoms with E-state index in [4.69, 9.17) is 25.8 Å². The van der Waals surface area contributed by atoms with E-state index in [0.29, 0.717) is 22.8 Å². The van der Waals surface area contributed by atoms with Crippen LogP contribution in [0.25, 0.3) is 0 Å². The molecule has 0 heterocycles. The van der Waals surface area contributed by atoms with Crippen LogP contribution in [0.5, 0.6) is 17.2 Å². The SMILES string of the molecule is COc1ccc(CNC(=O)c2ccc(NS(=O)(=O)c3ccc(C)cc3)c(Cl)c2)c(OC)c1OC. The number of amides is 1. The highest BCUT2D eigenvalue weighted by molar-refractivity contribution is 7.92. The molecule has 180 valence electrons. The molecule has 0 atom stereocenters. The molecule has 0 bridgehead atoms. The number of aryl methyl sites for hydroxylation is 1. The molecule has 0 radical (unpaired) electrons. The highest BCUT2D eigenvalue weighted by atomic mass is 35.5. The second-order valence-corrected chi connectivity index (χ2v) is 9.38. The molecule has 0 spiro atoms. The lowest BCUT2D eigenvalue weighted by Gasteiger charge is -2.16. The second-order valence-electron chi connectivity index (χ2n) is 7.29. The Morgan fingerprint density at radius 3 is 2.18 bits per heavy atom. The van der Waals surface area contributed by atoms with Crippen LogP contribution in [0.2, 0.25) is 5.02 Å². The zero-order valence-corrected chi connectivity index (χ0v) is 20.7. The van der Waals surface area contributed by atoms with E-state index in [2.05, 4.69) is 10.0 Å². The van der Waals surface area contributed by atoms with Gasteiger partial charge in [-0.15, -0.1) is 0 Å². The first-order valence-electron chi connectivity index (χ1n) is 10.1. The molecule has 2 N–H and O–H groups in total. The van der Waals surface area contributed by atoms with Gasteiger partial charge in [0.1, 0.15) is 0 Å². The standard InChI is InChI=1S/C24H25ClN2O6S/c1-15-5-9-18(10-6-15)34(29,30)27-20-11-7-16(13-19(20)25)24(28)26-14-17-8-12-21(31-2)23(33-4)22(17)32-3/h5-13,27H,14H2,1-4H3,(H,26,28). The fourth-order valence-electron chi connectivity index (χ4n) is 3.24. The Hall–Kier alpha value is -3.43. The van der Waals surface area contributed by atoms with E-state index < -0.39 is 15.9 Å². The van der Waals surface area contributed by atoms with Crippen LogP contribution in [0.15, 0.2) is 59.5 Å². The molecule has 8 nitrogen and oxygen atoms in total. The molecule has 0 saturated heterocycles. The van der Waals surface area contributed by atoms with Crippen molar-refractivity contribution in [2.24, 2.45) is 0 Å². The molecule has 0 aliphatic carbocycles. The third-order valence-corrected chi connectivity index (χ3v) is 6.73. The topological polar surface area (TPSA) is 103 Å². The second kappa shape index (κ2) is 10.7. The molecule has 0 unspecified atom stereocenters. The van der Waals surface area contributed by atoms with Crippen LogP contribution >= 0.6 is 11.6 Å². The monoisotopic (exact) mass is 504 g/mol. The van der Waals surface area contributed by atoms with Gasteiger partial charge in [0.05, 0.1) is 36.9 Å². The van der Waals surface area contributed by atoms with Crippen LogP contribution in [0.1, 0.15) is 21.5 Å². The van der Waals surface area contributed by atoms with Gasteiger partial charge in [-0.2, -0.15) is 0 Å². The average molecular weight is 505 g/mol. The van der Waals surface area contributed by atoms with Crippen molar-refractivity contribution in [3.8, 4) is 17.2 Å². The minimum atomic E-state index is -3.82. The van der Waals surface area contributed by atoms with Crippen LogP contribution in [0.3, 0.4) is 0 Å². The Morgan fingerprint density at radius 2 is 1.59 bits per heavy atom. The maximum absolute atomic E-state index is 12.7. The van der Waals surface area contributed by atoms with E-state index in [0.717, 1.165) is 5.56 Å². The summed E-state index contributed by atoms with van der Waals surface area (Å²) in [6.45, 7) is 2.02. The van der Waals surface area contributed by atoms with Crippen LogP contribution < -0.4 is 24.2 Å². The Bertz CT molecular complexity index is 1290. The number of nitrogens with one attached hydrogen (secondary N) is 2. The van der Waals surface area contributed by atoms with Crippen molar-refractivity contribution >= 4 is 33.2 Å². The molecule has 0 aliphatic heterocycles. The third-order valence-electron chi connectivity index (χ3n) is 5.03. The highest BCUT2D eigenvalue weighted by Gasteiger charge is 2.19. The van der Waals surface area contributed by atoms with E-state index in [-0.39, 0.29) is 27.7 Å². The van der Waals surface area contributed by atoms with Crippen LogP contribution in [0, 0.1) is 6.92 Å². The van der Waals surface area contributed by atoms with Gasteiger partial charge >= 0.3 is 0 Å². The van der Waals surface area contributed by atoms with Gasteiger partial charge in [-0.25, -0.2) is 8.42 Å². The van der Waals surface area contributed by atoms with Gasteiger partial charge in [0.15, 0.2) is 11.5 Å². The lowest BCUT2D eigenvalue weighted by molar-refractivity contribution is 0.0950. The summed E-state index contributed by atoms with van der Waals surface area (Å²) < 4.78 is 43.7. The number of rotatable bonds is 9. The maximum Gasteiger partial charge on any atom is 0.261 e. The Labute approximate surface area is 203 Å². The summed E-state index contributed by atoms with van der Waals surface area (Å²) in [7, 11) is 0.696. The van der Waals surface area contributed by atoms with E-state index in [1.54, 1.807) is 24.3 Å². The summed E-state index contributed by atoms with van der Waals surface area (Å²) in [5.41, 5.74) is 2.06. The molecule has 34 heavy (non-hydrogen) atoms. The number of carbonyl (C=O) groups excluding carboxylic acids is 1.